The maximum absolute atomic E-state index is 11.9. The normalized spacial score (nSPS) is 16.2. The Hall–Kier alpha value is -1.99. The van der Waals surface area contributed by atoms with Gasteiger partial charge in [-0.3, -0.25) is 0 Å². The van der Waals surface area contributed by atoms with E-state index in [1.807, 2.05) is 30.3 Å². The van der Waals surface area contributed by atoms with E-state index in [9.17, 15) is 5.11 Å². The highest BCUT2D eigenvalue weighted by molar-refractivity contribution is 5.30. The van der Waals surface area contributed by atoms with Gasteiger partial charge in [0.1, 0.15) is 13.1 Å². The Balaban J connectivity index is 0.00000324. The summed E-state index contributed by atoms with van der Waals surface area (Å²) in [6, 6.07) is 18.3. The van der Waals surface area contributed by atoms with Crippen LogP contribution in [-0.2, 0) is 23.5 Å². The molecule has 1 aromatic heterocycles. The summed E-state index contributed by atoms with van der Waals surface area (Å²) < 4.78 is 12.9. The van der Waals surface area contributed by atoms with Gasteiger partial charge in [-0.05, 0) is 30.9 Å². The van der Waals surface area contributed by atoms with Gasteiger partial charge in [0.15, 0.2) is 11.4 Å². The lowest BCUT2D eigenvalue weighted by molar-refractivity contribution is -0.905. The summed E-state index contributed by atoms with van der Waals surface area (Å²) >= 11 is 0. The van der Waals surface area contributed by atoms with Crippen molar-refractivity contribution in [3.63, 3.8) is 0 Å². The molecule has 0 radical (unpaired) electrons. The highest BCUT2D eigenvalue weighted by atomic mass is 79.9. The molecule has 1 atom stereocenters. The molecule has 0 amide bonds. The molecule has 6 heteroatoms. The molecule has 1 heterocycles. The number of hydrogen-bond acceptors (Lipinski definition) is 4. The Bertz CT molecular complexity index is 1010. The molecule has 184 valence electrons. The Kier molecular flexibility index (Phi) is 9.10. The van der Waals surface area contributed by atoms with Crippen LogP contribution >= 0.6 is 0 Å². The van der Waals surface area contributed by atoms with Gasteiger partial charge in [-0.15, -0.1) is 0 Å². The van der Waals surface area contributed by atoms with Crippen LogP contribution in [0.4, 0.5) is 0 Å². The number of quaternary nitrogens is 1. The number of benzene rings is 2. The Labute approximate surface area is 214 Å². The van der Waals surface area contributed by atoms with Crippen molar-refractivity contribution in [3.8, 4) is 0 Å². The molecular weight excluding hydrogens is 492 g/mol. The van der Waals surface area contributed by atoms with E-state index >= 15 is 0 Å². The average Bonchev–Trinajstić information content (AvgIpc) is 3.51. The quantitative estimate of drug-likeness (QED) is 0.323. The lowest BCUT2D eigenvalue weighted by Gasteiger charge is -2.32. The van der Waals surface area contributed by atoms with E-state index in [0.717, 1.165) is 48.0 Å². The first-order valence-electron chi connectivity index (χ1n) is 12.1. The number of aromatic nitrogens is 1. The van der Waals surface area contributed by atoms with Gasteiger partial charge >= 0.3 is 0 Å². The number of oxazole rings is 1. The van der Waals surface area contributed by atoms with Crippen LogP contribution in [0.25, 0.3) is 0 Å². The van der Waals surface area contributed by atoms with E-state index in [-0.39, 0.29) is 22.9 Å². The van der Waals surface area contributed by atoms with Crippen molar-refractivity contribution >= 4 is 0 Å². The van der Waals surface area contributed by atoms with E-state index in [2.05, 4.69) is 50.3 Å². The molecule has 4 rings (SSSR count). The summed E-state index contributed by atoms with van der Waals surface area (Å²) in [5, 5.41) is 11.9. The second-order valence-corrected chi connectivity index (χ2v) is 10.1. The van der Waals surface area contributed by atoms with Gasteiger partial charge in [0.25, 0.3) is 0 Å². The molecule has 1 saturated carbocycles. The van der Waals surface area contributed by atoms with Crippen LogP contribution in [0.15, 0.2) is 65.2 Å². The number of halogens is 1. The van der Waals surface area contributed by atoms with E-state index in [0.29, 0.717) is 25.6 Å². The molecular formula is C28H37BrN2O3. The Morgan fingerprint density at radius 2 is 1.74 bits per heavy atom. The first-order chi connectivity index (χ1) is 15.9. The minimum atomic E-state index is -1.18. The van der Waals surface area contributed by atoms with Crippen molar-refractivity contribution < 1.29 is 35.7 Å². The molecule has 1 aliphatic carbocycles. The topological polar surface area (TPSA) is 55.5 Å². The van der Waals surface area contributed by atoms with Crippen molar-refractivity contribution in [2.75, 3.05) is 27.2 Å². The summed E-state index contributed by atoms with van der Waals surface area (Å²) in [5.41, 5.74) is 2.14. The second-order valence-electron chi connectivity index (χ2n) is 10.1. The smallest absolute Gasteiger partial charge is 0.231 e. The van der Waals surface area contributed by atoms with Crippen molar-refractivity contribution in [2.45, 2.75) is 51.4 Å². The molecule has 3 aromatic rings. The van der Waals surface area contributed by atoms with Crippen LogP contribution in [0.2, 0.25) is 0 Å². The minimum Gasteiger partial charge on any atom is -1.00 e. The van der Waals surface area contributed by atoms with Crippen molar-refractivity contribution in [3.05, 3.63) is 89.1 Å². The number of hydrogen-bond donors (Lipinski definition) is 1. The lowest BCUT2D eigenvalue weighted by Crippen LogP contribution is -3.00. The molecule has 0 saturated heterocycles. The summed E-state index contributed by atoms with van der Waals surface area (Å²) in [6.07, 6.45) is 6.04. The fourth-order valence-corrected chi connectivity index (χ4v) is 4.81. The van der Waals surface area contributed by atoms with Crippen LogP contribution in [0, 0.1) is 12.8 Å². The average molecular weight is 530 g/mol. The Morgan fingerprint density at radius 3 is 2.41 bits per heavy atom. The molecule has 1 aliphatic rings. The SMILES string of the molecule is Cc1ccc(COCC[N+](C)(C)Cc2cnc(C(O)(c3ccccc3)C3CCCC3)o2)cc1.[Br-]. The number of aliphatic hydroxyl groups is 1. The zero-order chi connectivity index (χ0) is 23.3. The molecule has 0 spiro atoms. The van der Waals surface area contributed by atoms with E-state index in [4.69, 9.17) is 9.15 Å². The van der Waals surface area contributed by atoms with E-state index < -0.39 is 5.60 Å². The highest BCUT2D eigenvalue weighted by Gasteiger charge is 2.45. The summed E-state index contributed by atoms with van der Waals surface area (Å²) in [4.78, 5) is 4.58. The minimum absolute atomic E-state index is 0. The number of rotatable bonds is 10. The largest absolute Gasteiger partial charge is 1.00 e. The molecule has 2 aromatic carbocycles. The van der Waals surface area contributed by atoms with Gasteiger partial charge in [-0.1, -0.05) is 73.0 Å². The van der Waals surface area contributed by atoms with Gasteiger partial charge in [0, 0.05) is 5.92 Å². The van der Waals surface area contributed by atoms with Crippen molar-refractivity contribution in [2.24, 2.45) is 5.92 Å². The zero-order valence-corrected chi connectivity index (χ0v) is 22.1. The van der Waals surface area contributed by atoms with Crippen LogP contribution in [-0.4, -0.2) is 41.8 Å². The predicted octanol–water partition coefficient (Wildman–Crippen LogP) is 2.21. The zero-order valence-electron chi connectivity index (χ0n) is 20.5. The summed E-state index contributed by atoms with van der Waals surface area (Å²) in [6.45, 7) is 4.92. The number of likely N-dealkylation sites (N-methyl/N-ethyl adjacent to an activating group) is 1. The monoisotopic (exact) mass is 528 g/mol. The molecule has 0 aliphatic heterocycles. The van der Waals surface area contributed by atoms with Gasteiger partial charge in [0.05, 0.1) is 33.5 Å². The van der Waals surface area contributed by atoms with Crippen LogP contribution in [0.1, 0.15) is 54.0 Å². The molecule has 0 bridgehead atoms. The van der Waals surface area contributed by atoms with Crippen LogP contribution in [0.3, 0.4) is 0 Å². The predicted molar refractivity (Wildman–Crippen MR) is 129 cm³/mol. The molecule has 34 heavy (non-hydrogen) atoms. The van der Waals surface area contributed by atoms with Gasteiger partial charge < -0.3 is 35.7 Å². The summed E-state index contributed by atoms with van der Waals surface area (Å²) in [7, 11) is 4.33. The number of aryl methyl sites for hydroxylation is 1. The summed E-state index contributed by atoms with van der Waals surface area (Å²) in [5.74, 6) is 1.34. The van der Waals surface area contributed by atoms with Crippen LogP contribution < -0.4 is 17.0 Å². The van der Waals surface area contributed by atoms with E-state index in [1.54, 1.807) is 6.20 Å². The number of nitrogens with zero attached hydrogens (tertiary/aromatic N) is 2. The number of ether oxygens (including phenoxy) is 1. The standard InChI is InChI=1S/C28H37N2O3.BrH/c1-22-13-15-23(16-14-22)21-32-18-17-30(2,3)20-26-19-29-27(33-26)28(31,25-11-7-8-12-25)24-9-5-4-6-10-24;/h4-6,9-10,13-16,19,25,31H,7-8,11-12,17-18,20-21H2,1-3H3;1H/q+1;/p-1. The third kappa shape index (κ3) is 6.36. The van der Waals surface area contributed by atoms with Crippen molar-refractivity contribution in [1.29, 1.82) is 0 Å². The molecule has 1 fully saturated rings. The van der Waals surface area contributed by atoms with Gasteiger partial charge in [0.2, 0.25) is 5.89 Å². The molecule has 5 nitrogen and oxygen atoms in total. The molecule has 1 unspecified atom stereocenters. The van der Waals surface area contributed by atoms with Crippen LogP contribution in [0.5, 0.6) is 0 Å². The third-order valence-electron chi connectivity index (χ3n) is 6.85. The third-order valence-corrected chi connectivity index (χ3v) is 6.85. The fraction of sp³-hybridized carbons (Fsp3) is 0.464. The molecule has 1 N–H and O–H groups in total. The fourth-order valence-electron chi connectivity index (χ4n) is 4.81. The second kappa shape index (κ2) is 11.6. The Morgan fingerprint density at radius 1 is 1.06 bits per heavy atom. The maximum Gasteiger partial charge on any atom is 0.231 e. The maximum atomic E-state index is 11.9. The first kappa shape index (κ1) is 26.6. The van der Waals surface area contributed by atoms with E-state index in [1.165, 1.54) is 11.1 Å². The lowest BCUT2D eigenvalue weighted by atomic mass is 9.80. The van der Waals surface area contributed by atoms with Crippen molar-refractivity contribution in [1.82, 2.24) is 4.98 Å². The van der Waals surface area contributed by atoms with Gasteiger partial charge in [-0.2, -0.15) is 0 Å². The highest BCUT2D eigenvalue weighted by Crippen LogP contribution is 2.44. The first-order valence-corrected chi connectivity index (χ1v) is 12.1. The van der Waals surface area contributed by atoms with Gasteiger partial charge in [-0.25, -0.2) is 4.98 Å².